The maximum atomic E-state index is 12.0. The molecule has 38 heavy (non-hydrogen) atoms. The van der Waals surface area contributed by atoms with E-state index in [0.717, 1.165) is 9.80 Å². The summed E-state index contributed by atoms with van der Waals surface area (Å²) in [6, 6.07) is 18.5. The number of nitro benzene ring substituents is 2. The molecule has 192 valence electrons. The third kappa shape index (κ3) is 5.28. The normalized spacial score (nSPS) is 14.9. The van der Waals surface area contributed by atoms with Gasteiger partial charge < -0.3 is 0 Å². The highest BCUT2D eigenvalue weighted by Crippen LogP contribution is 2.36. The van der Waals surface area contributed by atoms with Crippen molar-refractivity contribution in [3.05, 3.63) is 93.0 Å². The Bertz CT molecular complexity index is 1420. The van der Waals surface area contributed by atoms with Crippen LogP contribution in [0.4, 0.5) is 22.7 Å². The lowest BCUT2D eigenvalue weighted by Gasteiger charge is -2.18. The van der Waals surface area contributed by atoms with Gasteiger partial charge in [-0.25, -0.2) is 4.90 Å². The van der Waals surface area contributed by atoms with E-state index in [1.54, 1.807) is 24.3 Å². The van der Waals surface area contributed by atoms with Gasteiger partial charge in [-0.3, -0.25) is 44.3 Å². The molecule has 2 fully saturated rings. The van der Waals surface area contributed by atoms with Crippen LogP contribution in [0.5, 0.6) is 0 Å². The third-order valence-electron chi connectivity index (χ3n) is 5.94. The lowest BCUT2D eigenvalue weighted by atomic mass is 10.0. The van der Waals surface area contributed by atoms with Crippen LogP contribution >= 0.6 is 0 Å². The first-order chi connectivity index (χ1) is 18.2. The molecule has 0 atom stereocenters. The van der Waals surface area contributed by atoms with Gasteiger partial charge in [0.25, 0.3) is 11.4 Å². The molecule has 0 radical (unpaired) electrons. The van der Waals surface area contributed by atoms with E-state index >= 15 is 0 Å². The molecule has 2 aliphatic rings. The van der Waals surface area contributed by atoms with Gasteiger partial charge in [0.15, 0.2) is 0 Å². The summed E-state index contributed by atoms with van der Waals surface area (Å²) in [5.41, 5.74) is 1.85. The predicted molar refractivity (Wildman–Crippen MR) is 135 cm³/mol. The number of benzene rings is 3. The summed E-state index contributed by atoms with van der Waals surface area (Å²) in [5.74, 6) is -1.09. The Morgan fingerprint density at radius 2 is 1.05 bits per heavy atom. The van der Waals surface area contributed by atoms with Gasteiger partial charge >= 0.3 is 0 Å². The summed E-state index contributed by atoms with van der Waals surface area (Å²) >= 11 is 0. The number of carbonyl (C=O) groups is 4. The van der Waals surface area contributed by atoms with Crippen LogP contribution in [0.2, 0.25) is 0 Å². The van der Waals surface area contributed by atoms with E-state index in [9.17, 15) is 39.4 Å². The van der Waals surface area contributed by atoms with Gasteiger partial charge in [-0.15, -0.1) is 0 Å². The quantitative estimate of drug-likeness (QED) is 0.277. The minimum atomic E-state index is -0.530. The Labute approximate surface area is 215 Å². The number of carbonyl (C=O) groups excluding carboxylic acids is 4. The molecule has 12 nitrogen and oxygen atoms in total. The Morgan fingerprint density at radius 1 is 0.579 bits per heavy atom. The van der Waals surface area contributed by atoms with Crippen LogP contribution in [-0.2, 0) is 19.2 Å². The van der Waals surface area contributed by atoms with E-state index in [1.165, 1.54) is 42.5 Å². The number of anilines is 2. The second kappa shape index (κ2) is 10.8. The molecule has 5 rings (SSSR count). The van der Waals surface area contributed by atoms with Crippen molar-refractivity contribution in [3.63, 3.8) is 0 Å². The van der Waals surface area contributed by atoms with Gasteiger partial charge in [0.2, 0.25) is 23.6 Å². The summed E-state index contributed by atoms with van der Waals surface area (Å²) < 4.78 is 0. The summed E-state index contributed by atoms with van der Waals surface area (Å²) in [6.45, 7) is 0. The number of nitro groups is 2. The summed E-state index contributed by atoms with van der Waals surface area (Å²) in [7, 11) is 0. The van der Waals surface area contributed by atoms with Crippen molar-refractivity contribution >= 4 is 46.4 Å². The average molecular weight is 516 g/mol. The van der Waals surface area contributed by atoms with E-state index in [4.69, 9.17) is 0 Å². The SMILES string of the molecule is O=C1CCC(=O)N1c1ccc([N+](=O)[O-])cc1.O=C1CCC(=O)N1c1ccc([N+](=O)[O-])cc1-c1ccccc1. The van der Waals surface area contributed by atoms with Crippen LogP contribution in [0.3, 0.4) is 0 Å². The zero-order chi connectivity index (χ0) is 27.4. The standard InChI is InChI=1S/C16H12N2O4.C10H8N2O4/c19-15-8-9-16(20)17(15)14-7-6-12(18(21)22)10-13(14)11-4-2-1-3-5-11;13-9-5-6-10(14)11(9)7-1-3-8(4-2-7)12(15)16/h1-7,10H,8-9H2;1-4H,5-6H2. The summed E-state index contributed by atoms with van der Waals surface area (Å²) in [6.07, 6.45) is 0.750. The average Bonchev–Trinajstić information content (AvgIpc) is 3.43. The molecule has 12 heteroatoms. The fraction of sp³-hybridized carbons (Fsp3) is 0.154. The Kier molecular flexibility index (Phi) is 7.33. The van der Waals surface area contributed by atoms with Crippen molar-refractivity contribution in [1.82, 2.24) is 0 Å². The zero-order valence-electron chi connectivity index (χ0n) is 19.8. The maximum Gasteiger partial charge on any atom is 0.270 e. The number of nitrogens with zero attached hydrogens (tertiary/aromatic N) is 4. The molecule has 3 aromatic carbocycles. The van der Waals surface area contributed by atoms with Crippen LogP contribution in [-0.4, -0.2) is 33.5 Å². The molecule has 0 saturated carbocycles. The number of hydrogen-bond donors (Lipinski definition) is 0. The van der Waals surface area contributed by atoms with Gasteiger partial charge in [-0.05, 0) is 23.8 Å². The molecule has 4 amide bonds. The molecule has 0 aliphatic carbocycles. The molecule has 0 aromatic heterocycles. The van der Waals surface area contributed by atoms with Crippen molar-refractivity contribution < 1.29 is 29.0 Å². The minimum Gasteiger partial charge on any atom is -0.274 e. The molecule has 0 bridgehead atoms. The molecule has 2 heterocycles. The zero-order valence-corrected chi connectivity index (χ0v) is 19.8. The molecule has 2 saturated heterocycles. The lowest BCUT2D eigenvalue weighted by molar-refractivity contribution is -0.385. The lowest BCUT2D eigenvalue weighted by Crippen LogP contribution is -2.29. The Hall–Kier alpha value is -5.26. The summed E-state index contributed by atoms with van der Waals surface area (Å²) in [5, 5.41) is 21.4. The topological polar surface area (TPSA) is 161 Å². The van der Waals surface area contributed by atoms with Crippen molar-refractivity contribution in [2.24, 2.45) is 0 Å². The summed E-state index contributed by atoms with van der Waals surface area (Å²) in [4.78, 5) is 69.2. The molecular weight excluding hydrogens is 496 g/mol. The van der Waals surface area contributed by atoms with E-state index in [0.29, 0.717) is 22.5 Å². The molecule has 0 N–H and O–H groups in total. The van der Waals surface area contributed by atoms with Crippen LogP contribution in [0.15, 0.2) is 72.8 Å². The number of non-ortho nitro benzene ring substituents is 2. The van der Waals surface area contributed by atoms with Crippen molar-refractivity contribution in [1.29, 1.82) is 0 Å². The van der Waals surface area contributed by atoms with E-state index in [1.807, 2.05) is 6.07 Å². The van der Waals surface area contributed by atoms with Gasteiger partial charge in [-0.1, -0.05) is 30.3 Å². The third-order valence-corrected chi connectivity index (χ3v) is 5.94. The van der Waals surface area contributed by atoms with Gasteiger partial charge in [-0.2, -0.15) is 0 Å². The number of rotatable bonds is 5. The van der Waals surface area contributed by atoms with E-state index in [-0.39, 0.29) is 60.7 Å². The molecule has 3 aromatic rings. The Morgan fingerprint density at radius 3 is 1.55 bits per heavy atom. The van der Waals surface area contributed by atoms with Crippen LogP contribution < -0.4 is 9.80 Å². The molecular formula is C26H20N4O8. The second-order valence-corrected chi connectivity index (χ2v) is 8.34. The van der Waals surface area contributed by atoms with Crippen molar-refractivity contribution in [2.75, 3.05) is 9.80 Å². The first-order valence-electron chi connectivity index (χ1n) is 11.5. The molecule has 0 spiro atoms. The monoisotopic (exact) mass is 516 g/mol. The first-order valence-corrected chi connectivity index (χ1v) is 11.5. The highest BCUT2D eigenvalue weighted by molar-refractivity contribution is 6.21. The first kappa shape index (κ1) is 25.8. The van der Waals surface area contributed by atoms with Crippen LogP contribution in [0.1, 0.15) is 25.7 Å². The minimum absolute atomic E-state index is 0.0668. The number of amides is 4. The van der Waals surface area contributed by atoms with Gasteiger partial charge in [0.05, 0.1) is 21.2 Å². The van der Waals surface area contributed by atoms with Gasteiger partial charge in [0.1, 0.15) is 0 Å². The van der Waals surface area contributed by atoms with Crippen molar-refractivity contribution in [3.8, 4) is 11.1 Å². The second-order valence-electron chi connectivity index (χ2n) is 8.34. The fourth-order valence-corrected chi connectivity index (χ4v) is 4.11. The van der Waals surface area contributed by atoms with E-state index < -0.39 is 9.85 Å². The van der Waals surface area contributed by atoms with Gasteiger partial charge in [0, 0.05) is 55.5 Å². The number of imide groups is 2. The Balaban J connectivity index is 0.000000186. The van der Waals surface area contributed by atoms with Crippen molar-refractivity contribution in [2.45, 2.75) is 25.7 Å². The number of hydrogen-bond acceptors (Lipinski definition) is 8. The van der Waals surface area contributed by atoms with E-state index in [2.05, 4.69) is 0 Å². The van der Waals surface area contributed by atoms with Crippen LogP contribution in [0, 0.1) is 20.2 Å². The fourth-order valence-electron chi connectivity index (χ4n) is 4.11. The highest BCUT2D eigenvalue weighted by Gasteiger charge is 2.33. The largest absolute Gasteiger partial charge is 0.274 e. The smallest absolute Gasteiger partial charge is 0.270 e. The molecule has 2 aliphatic heterocycles. The predicted octanol–water partition coefficient (Wildman–Crippen LogP) is 4.16. The van der Waals surface area contributed by atoms with Crippen LogP contribution in [0.25, 0.3) is 11.1 Å². The highest BCUT2D eigenvalue weighted by atomic mass is 16.6. The molecule has 0 unspecified atom stereocenters. The maximum absolute atomic E-state index is 12.0.